The minimum absolute atomic E-state index is 0.249. The second kappa shape index (κ2) is 8.51. The Morgan fingerprint density at radius 3 is 2.54 bits per heavy atom. The number of carbonyl (C=O) groups is 2. The van der Waals surface area contributed by atoms with Gasteiger partial charge in [-0.1, -0.05) is 26.0 Å². The molecule has 2 rings (SSSR count). The molecule has 0 aliphatic heterocycles. The van der Waals surface area contributed by atoms with Crippen molar-refractivity contribution in [3.05, 3.63) is 41.1 Å². The summed E-state index contributed by atoms with van der Waals surface area (Å²) in [5.41, 5.74) is 2.85. The maximum absolute atomic E-state index is 11.9. The van der Waals surface area contributed by atoms with Crippen LogP contribution >= 0.6 is 0 Å². The van der Waals surface area contributed by atoms with E-state index in [9.17, 15) is 9.59 Å². The fraction of sp³-hybridized carbons (Fsp3) is 0.421. The molecule has 140 valence electrons. The largest absolute Gasteiger partial charge is 0.482 e. The molecule has 0 aliphatic carbocycles. The average molecular weight is 359 g/mol. The fourth-order valence-corrected chi connectivity index (χ4v) is 2.47. The van der Waals surface area contributed by atoms with E-state index >= 15 is 0 Å². The van der Waals surface area contributed by atoms with E-state index < -0.39 is 11.9 Å². The first-order valence-corrected chi connectivity index (χ1v) is 8.45. The summed E-state index contributed by atoms with van der Waals surface area (Å²) in [7, 11) is 1.72. The number of rotatable bonds is 7. The monoisotopic (exact) mass is 359 g/mol. The van der Waals surface area contributed by atoms with Gasteiger partial charge in [0.1, 0.15) is 11.6 Å². The third-order valence-corrected chi connectivity index (χ3v) is 3.77. The van der Waals surface area contributed by atoms with Gasteiger partial charge in [0.15, 0.2) is 13.2 Å². The molecule has 0 fully saturated rings. The maximum atomic E-state index is 11.9. The summed E-state index contributed by atoms with van der Waals surface area (Å²) < 4.78 is 12.1. The van der Waals surface area contributed by atoms with Crippen LogP contribution in [-0.4, -0.2) is 34.9 Å². The zero-order chi connectivity index (χ0) is 19.3. The molecule has 0 saturated carbocycles. The molecule has 2 aromatic rings. The molecule has 0 unspecified atom stereocenters. The van der Waals surface area contributed by atoms with Gasteiger partial charge in [-0.3, -0.25) is 9.48 Å². The Bertz CT molecular complexity index is 796. The van der Waals surface area contributed by atoms with Crippen LogP contribution in [0.15, 0.2) is 24.3 Å². The Labute approximate surface area is 153 Å². The number of aromatic nitrogens is 2. The molecule has 1 aromatic carbocycles. The van der Waals surface area contributed by atoms with Gasteiger partial charge >= 0.3 is 5.97 Å². The van der Waals surface area contributed by atoms with Crippen LogP contribution in [0.3, 0.4) is 0 Å². The maximum Gasteiger partial charge on any atom is 0.344 e. The van der Waals surface area contributed by atoms with E-state index in [1.54, 1.807) is 17.8 Å². The van der Waals surface area contributed by atoms with Crippen LogP contribution in [0.1, 0.15) is 36.6 Å². The SMILES string of the molecule is Cc1ccc(C(C)C)c(OCC(=O)OCC(=O)Nc2cc(C)nn2C)c1. The predicted octanol–water partition coefficient (Wildman–Crippen LogP) is 2.72. The van der Waals surface area contributed by atoms with E-state index in [-0.39, 0.29) is 19.1 Å². The smallest absolute Gasteiger partial charge is 0.344 e. The number of anilines is 1. The van der Waals surface area contributed by atoms with Gasteiger partial charge in [0.25, 0.3) is 5.91 Å². The number of amides is 1. The number of aryl methyl sites for hydroxylation is 3. The van der Waals surface area contributed by atoms with Crippen LogP contribution in [0.2, 0.25) is 0 Å². The van der Waals surface area contributed by atoms with E-state index in [1.807, 2.05) is 32.0 Å². The summed E-state index contributed by atoms with van der Waals surface area (Å²) in [5, 5.41) is 6.76. The molecule has 0 atom stereocenters. The molecule has 7 nitrogen and oxygen atoms in total. The normalized spacial score (nSPS) is 10.7. The summed E-state index contributed by atoms with van der Waals surface area (Å²) >= 11 is 0. The highest BCUT2D eigenvalue weighted by molar-refractivity contribution is 5.92. The third-order valence-electron chi connectivity index (χ3n) is 3.77. The van der Waals surface area contributed by atoms with Crippen molar-refractivity contribution in [1.29, 1.82) is 0 Å². The second-order valence-electron chi connectivity index (χ2n) is 6.49. The highest BCUT2D eigenvalue weighted by Crippen LogP contribution is 2.27. The van der Waals surface area contributed by atoms with Crippen LogP contribution in [0.5, 0.6) is 5.75 Å². The summed E-state index contributed by atoms with van der Waals surface area (Å²) in [6.07, 6.45) is 0. The fourth-order valence-electron chi connectivity index (χ4n) is 2.47. The molecule has 1 heterocycles. The lowest BCUT2D eigenvalue weighted by atomic mass is 10.0. The molecule has 1 N–H and O–H groups in total. The van der Waals surface area contributed by atoms with Crippen LogP contribution in [0, 0.1) is 13.8 Å². The van der Waals surface area contributed by atoms with Crippen molar-refractivity contribution in [1.82, 2.24) is 9.78 Å². The molecule has 26 heavy (non-hydrogen) atoms. The first kappa shape index (κ1) is 19.5. The number of hydrogen-bond acceptors (Lipinski definition) is 5. The lowest BCUT2D eigenvalue weighted by molar-refractivity contribution is -0.149. The van der Waals surface area contributed by atoms with E-state index in [2.05, 4.69) is 24.3 Å². The number of esters is 1. The van der Waals surface area contributed by atoms with Gasteiger partial charge in [0.2, 0.25) is 0 Å². The summed E-state index contributed by atoms with van der Waals surface area (Å²) in [6.45, 7) is 7.27. The van der Waals surface area contributed by atoms with Crippen LogP contribution in [0.25, 0.3) is 0 Å². The van der Waals surface area contributed by atoms with Crippen LogP contribution in [-0.2, 0) is 21.4 Å². The molecule has 1 aromatic heterocycles. The van der Waals surface area contributed by atoms with Gasteiger partial charge in [0, 0.05) is 13.1 Å². The zero-order valence-corrected chi connectivity index (χ0v) is 15.8. The van der Waals surface area contributed by atoms with Gasteiger partial charge in [-0.05, 0) is 37.0 Å². The molecule has 0 radical (unpaired) electrons. The van der Waals surface area contributed by atoms with Gasteiger partial charge in [0.05, 0.1) is 5.69 Å². The van der Waals surface area contributed by atoms with E-state index in [0.29, 0.717) is 11.6 Å². The summed E-state index contributed by atoms with van der Waals surface area (Å²) in [6, 6.07) is 7.61. The van der Waals surface area contributed by atoms with Crippen molar-refractivity contribution in [2.75, 3.05) is 18.5 Å². The second-order valence-corrected chi connectivity index (χ2v) is 6.49. The van der Waals surface area contributed by atoms with Crippen molar-refractivity contribution in [2.24, 2.45) is 7.05 Å². The van der Waals surface area contributed by atoms with Gasteiger partial charge in [-0.25, -0.2) is 4.79 Å². The lowest BCUT2D eigenvalue weighted by Gasteiger charge is -2.14. The third kappa shape index (κ3) is 5.34. The number of benzene rings is 1. The molecule has 0 aliphatic rings. The van der Waals surface area contributed by atoms with Gasteiger partial charge in [-0.2, -0.15) is 5.10 Å². The molecule has 0 bridgehead atoms. The number of ether oxygens (including phenoxy) is 2. The highest BCUT2D eigenvalue weighted by atomic mass is 16.6. The number of carbonyl (C=O) groups excluding carboxylic acids is 2. The molecule has 0 spiro atoms. The van der Waals surface area contributed by atoms with E-state index in [4.69, 9.17) is 9.47 Å². The van der Waals surface area contributed by atoms with Crippen molar-refractivity contribution >= 4 is 17.7 Å². The summed E-state index contributed by atoms with van der Waals surface area (Å²) in [5.74, 6) is 0.444. The average Bonchev–Trinajstić information content (AvgIpc) is 2.88. The molecular weight excluding hydrogens is 334 g/mol. The standard InChI is InChI=1S/C19H25N3O4/c1-12(2)15-7-6-13(3)8-16(15)25-11-19(24)26-10-18(23)20-17-9-14(4)21-22(17)5/h6-9,12H,10-11H2,1-5H3,(H,20,23). The quantitative estimate of drug-likeness (QED) is 0.769. The Hall–Kier alpha value is -2.83. The van der Waals surface area contributed by atoms with Gasteiger partial charge < -0.3 is 14.8 Å². The minimum atomic E-state index is -0.599. The van der Waals surface area contributed by atoms with Crippen molar-refractivity contribution in [2.45, 2.75) is 33.6 Å². The Balaban J connectivity index is 1.83. The number of nitrogens with zero attached hydrogens (tertiary/aromatic N) is 2. The highest BCUT2D eigenvalue weighted by Gasteiger charge is 2.13. The number of hydrogen-bond donors (Lipinski definition) is 1. The van der Waals surface area contributed by atoms with Crippen LogP contribution in [0.4, 0.5) is 5.82 Å². The zero-order valence-electron chi connectivity index (χ0n) is 15.8. The Kier molecular flexibility index (Phi) is 6.38. The molecule has 7 heteroatoms. The molecule has 0 saturated heterocycles. The van der Waals surface area contributed by atoms with Gasteiger partial charge in [-0.15, -0.1) is 0 Å². The lowest BCUT2D eigenvalue weighted by Crippen LogP contribution is -2.24. The summed E-state index contributed by atoms with van der Waals surface area (Å²) in [4.78, 5) is 23.7. The van der Waals surface area contributed by atoms with Crippen LogP contribution < -0.4 is 10.1 Å². The first-order valence-electron chi connectivity index (χ1n) is 8.45. The Morgan fingerprint density at radius 1 is 1.19 bits per heavy atom. The topological polar surface area (TPSA) is 82.4 Å². The van der Waals surface area contributed by atoms with E-state index in [1.165, 1.54) is 0 Å². The van der Waals surface area contributed by atoms with Crippen molar-refractivity contribution in [3.8, 4) is 5.75 Å². The Morgan fingerprint density at radius 2 is 1.92 bits per heavy atom. The molecule has 1 amide bonds. The van der Waals surface area contributed by atoms with Crippen molar-refractivity contribution < 1.29 is 19.1 Å². The predicted molar refractivity (Wildman–Crippen MR) is 98.3 cm³/mol. The van der Waals surface area contributed by atoms with Crippen molar-refractivity contribution in [3.63, 3.8) is 0 Å². The molecular formula is C19H25N3O4. The minimum Gasteiger partial charge on any atom is -0.482 e. The van der Waals surface area contributed by atoms with E-state index in [0.717, 1.165) is 16.8 Å². The first-order chi connectivity index (χ1) is 12.3. The number of nitrogens with one attached hydrogen (secondary N) is 1.